The molecule has 1 amide bonds. The fourth-order valence-corrected chi connectivity index (χ4v) is 3.11. The Morgan fingerprint density at radius 3 is 2.42 bits per heavy atom. The average molecular weight is 263 g/mol. The molecule has 0 unspecified atom stereocenters. The number of nitrogens with one attached hydrogen (secondary N) is 1. The lowest BCUT2D eigenvalue weighted by Crippen LogP contribution is -2.28. The predicted molar refractivity (Wildman–Crippen MR) is 77.9 cm³/mol. The van der Waals surface area contributed by atoms with Crippen molar-refractivity contribution in [3.05, 3.63) is 18.0 Å². The van der Waals surface area contributed by atoms with E-state index in [4.69, 9.17) is 5.73 Å². The van der Waals surface area contributed by atoms with Gasteiger partial charge in [-0.3, -0.25) is 4.79 Å². The molecule has 0 bridgehead atoms. The maximum Gasteiger partial charge on any atom is 0.267 e. The average Bonchev–Trinajstić information content (AvgIpc) is 2.64. The molecule has 1 heterocycles. The molecule has 4 nitrogen and oxygen atoms in total. The van der Waals surface area contributed by atoms with Crippen molar-refractivity contribution in [1.29, 1.82) is 0 Å². The number of rotatable bonds is 4. The standard InChI is InChI=1S/C15H25N3O/c1-6-18-9-10(16)7-11(18)13(19)17-8-12-14(2,3)15(12,4)5/h7,9,12H,6,8,16H2,1-5H3,(H,17,19). The second kappa shape index (κ2) is 4.29. The van der Waals surface area contributed by atoms with Crippen LogP contribution in [0.2, 0.25) is 0 Å². The zero-order chi connectivity index (χ0) is 14.4. The van der Waals surface area contributed by atoms with Crippen LogP contribution in [0.15, 0.2) is 12.3 Å². The molecule has 0 aliphatic heterocycles. The number of nitrogen functional groups attached to an aromatic ring is 1. The first-order valence-corrected chi connectivity index (χ1v) is 6.95. The van der Waals surface area contributed by atoms with Crippen LogP contribution in [0.1, 0.15) is 45.1 Å². The fraction of sp³-hybridized carbons (Fsp3) is 0.667. The van der Waals surface area contributed by atoms with E-state index in [0.29, 0.717) is 28.1 Å². The molecule has 0 radical (unpaired) electrons. The quantitative estimate of drug-likeness (QED) is 0.877. The van der Waals surface area contributed by atoms with Crippen LogP contribution >= 0.6 is 0 Å². The molecule has 1 aliphatic rings. The Morgan fingerprint density at radius 2 is 1.95 bits per heavy atom. The third-order valence-corrected chi connectivity index (χ3v) is 5.28. The van der Waals surface area contributed by atoms with Gasteiger partial charge in [0.25, 0.3) is 5.91 Å². The molecule has 0 atom stereocenters. The highest BCUT2D eigenvalue weighted by atomic mass is 16.1. The molecular formula is C15H25N3O. The summed E-state index contributed by atoms with van der Waals surface area (Å²) in [7, 11) is 0. The summed E-state index contributed by atoms with van der Waals surface area (Å²) in [5, 5.41) is 3.04. The lowest BCUT2D eigenvalue weighted by atomic mass is 10.0. The van der Waals surface area contributed by atoms with Crippen LogP contribution in [0, 0.1) is 16.7 Å². The molecular weight excluding hydrogens is 238 g/mol. The Balaban J connectivity index is 2.00. The molecule has 106 valence electrons. The van der Waals surface area contributed by atoms with Gasteiger partial charge >= 0.3 is 0 Å². The molecule has 1 aliphatic carbocycles. The summed E-state index contributed by atoms with van der Waals surface area (Å²) in [4.78, 5) is 12.2. The maximum atomic E-state index is 12.2. The minimum absolute atomic E-state index is 0.0305. The van der Waals surface area contributed by atoms with Crippen LogP contribution in [0.3, 0.4) is 0 Å². The summed E-state index contributed by atoms with van der Waals surface area (Å²) in [5.41, 5.74) is 7.63. The van der Waals surface area contributed by atoms with Crippen LogP contribution in [-0.4, -0.2) is 17.0 Å². The molecule has 3 N–H and O–H groups in total. The van der Waals surface area contributed by atoms with Gasteiger partial charge in [0.2, 0.25) is 0 Å². The van der Waals surface area contributed by atoms with E-state index in [0.717, 1.165) is 13.1 Å². The number of anilines is 1. The molecule has 1 fully saturated rings. The highest BCUT2D eigenvalue weighted by molar-refractivity contribution is 5.93. The van der Waals surface area contributed by atoms with Crippen molar-refractivity contribution in [3.8, 4) is 0 Å². The molecule has 4 heteroatoms. The number of nitrogens with zero attached hydrogens (tertiary/aromatic N) is 1. The Kier molecular flexibility index (Phi) is 3.15. The Labute approximate surface area is 115 Å². The van der Waals surface area contributed by atoms with E-state index >= 15 is 0 Å². The molecule has 19 heavy (non-hydrogen) atoms. The first kappa shape index (κ1) is 14.0. The zero-order valence-electron chi connectivity index (χ0n) is 12.6. The number of carbonyl (C=O) groups is 1. The number of hydrogen-bond donors (Lipinski definition) is 2. The number of aromatic nitrogens is 1. The van der Waals surface area contributed by atoms with Crippen molar-refractivity contribution in [2.24, 2.45) is 16.7 Å². The van der Waals surface area contributed by atoms with E-state index < -0.39 is 0 Å². The molecule has 0 aromatic carbocycles. The fourth-order valence-electron chi connectivity index (χ4n) is 3.11. The van der Waals surface area contributed by atoms with Crippen molar-refractivity contribution < 1.29 is 4.79 Å². The van der Waals surface area contributed by atoms with Gasteiger partial charge < -0.3 is 15.6 Å². The van der Waals surface area contributed by atoms with E-state index in [2.05, 4.69) is 33.0 Å². The zero-order valence-corrected chi connectivity index (χ0v) is 12.6. The van der Waals surface area contributed by atoms with Crippen LogP contribution in [-0.2, 0) is 6.54 Å². The van der Waals surface area contributed by atoms with Crippen LogP contribution in [0.5, 0.6) is 0 Å². The number of carbonyl (C=O) groups excluding carboxylic acids is 1. The van der Waals surface area contributed by atoms with Crippen molar-refractivity contribution >= 4 is 11.6 Å². The van der Waals surface area contributed by atoms with Crippen molar-refractivity contribution in [2.75, 3.05) is 12.3 Å². The van der Waals surface area contributed by atoms with Crippen LogP contribution < -0.4 is 11.1 Å². The van der Waals surface area contributed by atoms with Crippen LogP contribution in [0.4, 0.5) is 5.69 Å². The van der Waals surface area contributed by atoms with Crippen LogP contribution in [0.25, 0.3) is 0 Å². The van der Waals surface area contributed by atoms with Gasteiger partial charge in [-0.05, 0) is 29.7 Å². The SMILES string of the molecule is CCn1cc(N)cc1C(=O)NCC1C(C)(C)C1(C)C. The summed E-state index contributed by atoms with van der Waals surface area (Å²) < 4.78 is 1.88. The third-order valence-electron chi connectivity index (χ3n) is 5.28. The van der Waals surface area contributed by atoms with Gasteiger partial charge in [-0.1, -0.05) is 27.7 Å². The minimum atomic E-state index is -0.0305. The van der Waals surface area contributed by atoms with Gasteiger partial charge in [-0.2, -0.15) is 0 Å². The van der Waals surface area contributed by atoms with E-state index in [-0.39, 0.29) is 5.91 Å². The lowest BCUT2D eigenvalue weighted by Gasteiger charge is -2.08. The molecule has 1 saturated carbocycles. The highest BCUT2D eigenvalue weighted by Gasteiger charge is 2.64. The van der Waals surface area contributed by atoms with Crippen molar-refractivity contribution in [1.82, 2.24) is 9.88 Å². The molecule has 1 aromatic heterocycles. The van der Waals surface area contributed by atoms with Gasteiger partial charge in [0.05, 0.1) is 5.69 Å². The number of amides is 1. The third kappa shape index (κ3) is 2.13. The smallest absolute Gasteiger partial charge is 0.267 e. The molecule has 0 spiro atoms. The first-order valence-electron chi connectivity index (χ1n) is 6.95. The van der Waals surface area contributed by atoms with Gasteiger partial charge in [-0.25, -0.2) is 0 Å². The minimum Gasteiger partial charge on any atom is -0.397 e. The largest absolute Gasteiger partial charge is 0.397 e. The Bertz CT molecular complexity index is 485. The van der Waals surface area contributed by atoms with Gasteiger partial charge in [0, 0.05) is 19.3 Å². The second-order valence-corrected chi connectivity index (χ2v) is 6.65. The number of aryl methyl sites for hydroxylation is 1. The summed E-state index contributed by atoms with van der Waals surface area (Å²) in [6.07, 6.45) is 1.81. The number of nitrogens with two attached hydrogens (primary N) is 1. The normalized spacial score (nSPS) is 20.3. The Hall–Kier alpha value is -1.45. The highest BCUT2D eigenvalue weighted by Crippen LogP contribution is 2.67. The number of hydrogen-bond acceptors (Lipinski definition) is 2. The van der Waals surface area contributed by atoms with E-state index in [1.807, 2.05) is 11.5 Å². The predicted octanol–water partition coefficient (Wildman–Crippen LogP) is 2.50. The van der Waals surface area contributed by atoms with Crippen molar-refractivity contribution in [2.45, 2.75) is 41.2 Å². The monoisotopic (exact) mass is 263 g/mol. The second-order valence-electron chi connectivity index (χ2n) is 6.65. The first-order chi connectivity index (χ1) is 8.71. The van der Waals surface area contributed by atoms with Gasteiger partial charge in [0.15, 0.2) is 0 Å². The summed E-state index contributed by atoms with van der Waals surface area (Å²) in [6, 6.07) is 1.74. The molecule has 1 aromatic rings. The lowest BCUT2D eigenvalue weighted by molar-refractivity contribution is 0.0940. The van der Waals surface area contributed by atoms with E-state index in [9.17, 15) is 4.79 Å². The summed E-state index contributed by atoms with van der Waals surface area (Å²) in [6.45, 7) is 12.5. The summed E-state index contributed by atoms with van der Waals surface area (Å²) in [5.74, 6) is 0.503. The topological polar surface area (TPSA) is 60.0 Å². The van der Waals surface area contributed by atoms with Gasteiger partial charge in [0.1, 0.15) is 5.69 Å². The van der Waals surface area contributed by atoms with E-state index in [1.54, 1.807) is 12.3 Å². The molecule has 2 rings (SSSR count). The maximum absolute atomic E-state index is 12.2. The van der Waals surface area contributed by atoms with Gasteiger partial charge in [-0.15, -0.1) is 0 Å². The summed E-state index contributed by atoms with van der Waals surface area (Å²) >= 11 is 0. The molecule has 0 saturated heterocycles. The van der Waals surface area contributed by atoms with Crippen molar-refractivity contribution in [3.63, 3.8) is 0 Å². The Morgan fingerprint density at radius 1 is 1.37 bits per heavy atom. The van der Waals surface area contributed by atoms with E-state index in [1.165, 1.54) is 0 Å².